The highest BCUT2D eigenvalue weighted by Gasteiger charge is 2.21. The van der Waals surface area contributed by atoms with Gasteiger partial charge in [-0.2, -0.15) is 0 Å². The molecule has 7 heteroatoms. The van der Waals surface area contributed by atoms with Gasteiger partial charge in [0.1, 0.15) is 6.61 Å². The highest BCUT2D eigenvalue weighted by Crippen LogP contribution is 2.13. The molecule has 0 spiro atoms. The Morgan fingerprint density at radius 1 is 1.33 bits per heavy atom. The fourth-order valence-electron chi connectivity index (χ4n) is 2.38. The fourth-order valence-corrected chi connectivity index (χ4v) is 2.38. The van der Waals surface area contributed by atoms with Gasteiger partial charge in [0, 0.05) is 30.6 Å². The van der Waals surface area contributed by atoms with Crippen LogP contribution in [-0.4, -0.2) is 67.7 Å². The van der Waals surface area contributed by atoms with E-state index in [9.17, 15) is 4.79 Å². The molecule has 7 nitrogen and oxygen atoms in total. The van der Waals surface area contributed by atoms with Crippen LogP contribution < -0.4 is 0 Å². The first kappa shape index (κ1) is 13.1. The van der Waals surface area contributed by atoms with E-state index in [2.05, 4.69) is 14.9 Å². The quantitative estimate of drug-likeness (QED) is 0.418. The van der Waals surface area contributed by atoms with Crippen molar-refractivity contribution < 1.29 is 9.53 Å². The van der Waals surface area contributed by atoms with Crippen molar-refractivity contribution in [1.82, 2.24) is 9.80 Å². The molecule has 0 unspecified atom stereocenters. The molecule has 2 fully saturated rings. The van der Waals surface area contributed by atoms with Crippen LogP contribution in [0.3, 0.4) is 0 Å². The lowest BCUT2D eigenvalue weighted by Gasteiger charge is -2.33. The number of nitrogens with zero attached hydrogens (tertiary/aromatic N) is 5. The SMILES string of the molecule is [N-]=[N+]=NC1CCN(CCN2CCOCC2=O)CC1. The van der Waals surface area contributed by atoms with Gasteiger partial charge in [-0.3, -0.25) is 4.79 Å². The Hall–Kier alpha value is -1.30. The van der Waals surface area contributed by atoms with Crippen molar-refractivity contribution >= 4 is 5.91 Å². The van der Waals surface area contributed by atoms with Gasteiger partial charge in [0.25, 0.3) is 0 Å². The summed E-state index contributed by atoms with van der Waals surface area (Å²) in [6, 6.07) is 0.149. The number of rotatable bonds is 4. The second kappa shape index (κ2) is 6.58. The summed E-state index contributed by atoms with van der Waals surface area (Å²) >= 11 is 0. The predicted molar refractivity (Wildman–Crippen MR) is 66.0 cm³/mol. The summed E-state index contributed by atoms with van der Waals surface area (Å²) in [6.45, 7) is 5.13. The molecule has 0 radical (unpaired) electrons. The minimum absolute atomic E-state index is 0.0882. The topological polar surface area (TPSA) is 81.5 Å². The monoisotopic (exact) mass is 253 g/mol. The summed E-state index contributed by atoms with van der Waals surface area (Å²) < 4.78 is 5.09. The smallest absolute Gasteiger partial charge is 0.248 e. The molecule has 0 bridgehead atoms. The number of amides is 1. The van der Waals surface area contributed by atoms with Crippen molar-refractivity contribution in [3.63, 3.8) is 0 Å². The molecule has 2 aliphatic rings. The van der Waals surface area contributed by atoms with E-state index in [1.807, 2.05) is 4.90 Å². The predicted octanol–water partition coefficient (Wildman–Crippen LogP) is 0.620. The van der Waals surface area contributed by atoms with Crippen LogP contribution in [0.1, 0.15) is 12.8 Å². The molecule has 2 aliphatic heterocycles. The molecule has 2 heterocycles. The zero-order valence-electron chi connectivity index (χ0n) is 10.5. The third-order valence-electron chi connectivity index (χ3n) is 3.54. The number of hydrogen-bond donors (Lipinski definition) is 0. The van der Waals surface area contributed by atoms with Gasteiger partial charge < -0.3 is 14.5 Å². The van der Waals surface area contributed by atoms with E-state index in [1.165, 1.54) is 0 Å². The fraction of sp³-hybridized carbons (Fsp3) is 0.909. The Balaban J connectivity index is 1.68. The second-order valence-corrected chi connectivity index (χ2v) is 4.71. The summed E-state index contributed by atoms with van der Waals surface area (Å²) in [4.78, 5) is 18.6. The Kier molecular flexibility index (Phi) is 4.81. The Morgan fingerprint density at radius 3 is 2.78 bits per heavy atom. The van der Waals surface area contributed by atoms with Crippen LogP contribution in [0.25, 0.3) is 10.4 Å². The first-order chi connectivity index (χ1) is 8.79. The zero-order valence-corrected chi connectivity index (χ0v) is 10.5. The number of morpholine rings is 1. The third kappa shape index (κ3) is 3.60. The lowest BCUT2D eigenvalue weighted by molar-refractivity contribution is -0.142. The molecule has 0 atom stereocenters. The Morgan fingerprint density at radius 2 is 2.11 bits per heavy atom. The molecule has 18 heavy (non-hydrogen) atoms. The van der Waals surface area contributed by atoms with Crippen LogP contribution in [0, 0.1) is 0 Å². The molecule has 0 aromatic heterocycles. The summed E-state index contributed by atoms with van der Waals surface area (Å²) in [5.74, 6) is 0.0882. The van der Waals surface area contributed by atoms with Crippen LogP contribution in [0.15, 0.2) is 5.11 Å². The largest absolute Gasteiger partial charge is 0.370 e. The average molecular weight is 253 g/mol. The van der Waals surface area contributed by atoms with Gasteiger partial charge in [0.2, 0.25) is 5.91 Å². The number of likely N-dealkylation sites (tertiary alicyclic amines) is 1. The number of carbonyl (C=O) groups excluding carboxylic acids is 1. The number of carbonyl (C=O) groups is 1. The van der Waals surface area contributed by atoms with Gasteiger partial charge in [0.05, 0.1) is 6.61 Å². The molecule has 0 N–H and O–H groups in total. The molecule has 2 rings (SSSR count). The minimum atomic E-state index is 0.0882. The van der Waals surface area contributed by atoms with E-state index in [4.69, 9.17) is 10.3 Å². The van der Waals surface area contributed by atoms with Gasteiger partial charge in [-0.1, -0.05) is 5.11 Å². The van der Waals surface area contributed by atoms with Gasteiger partial charge in [0.15, 0.2) is 0 Å². The van der Waals surface area contributed by atoms with E-state index >= 15 is 0 Å². The van der Waals surface area contributed by atoms with E-state index in [0.29, 0.717) is 13.2 Å². The number of azide groups is 1. The maximum absolute atomic E-state index is 11.5. The maximum Gasteiger partial charge on any atom is 0.248 e. The zero-order chi connectivity index (χ0) is 12.8. The van der Waals surface area contributed by atoms with Crippen LogP contribution in [0.4, 0.5) is 0 Å². The van der Waals surface area contributed by atoms with E-state index in [1.54, 1.807) is 0 Å². The highest BCUT2D eigenvalue weighted by atomic mass is 16.5. The lowest BCUT2D eigenvalue weighted by Crippen LogP contribution is -2.46. The van der Waals surface area contributed by atoms with Crippen LogP contribution in [0.2, 0.25) is 0 Å². The molecule has 100 valence electrons. The third-order valence-corrected chi connectivity index (χ3v) is 3.54. The van der Waals surface area contributed by atoms with Crippen LogP contribution in [-0.2, 0) is 9.53 Å². The normalized spacial score (nSPS) is 22.9. The van der Waals surface area contributed by atoms with E-state index in [0.717, 1.165) is 39.0 Å². The van der Waals surface area contributed by atoms with Crippen molar-refractivity contribution in [3.8, 4) is 0 Å². The van der Waals surface area contributed by atoms with Crippen molar-refractivity contribution in [2.24, 2.45) is 5.11 Å². The molecule has 0 saturated carbocycles. The summed E-state index contributed by atoms with van der Waals surface area (Å²) in [5.41, 5.74) is 8.38. The number of piperidine rings is 1. The summed E-state index contributed by atoms with van der Waals surface area (Å²) in [7, 11) is 0. The molecule has 0 aliphatic carbocycles. The van der Waals surface area contributed by atoms with Crippen molar-refractivity contribution in [1.29, 1.82) is 0 Å². The molecular weight excluding hydrogens is 234 g/mol. The Labute approximate surface area is 106 Å². The lowest BCUT2D eigenvalue weighted by atomic mass is 10.1. The molecule has 2 saturated heterocycles. The Bertz CT molecular complexity index is 334. The van der Waals surface area contributed by atoms with Crippen molar-refractivity contribution in [2.45, 2.75) is 18.9 Å². The standard InChI is InChI=1S/C11H19N5O2/c12-14-13-10-1-3-15(4-2-10)5-6-16-7-8-18-9-11(16)17/h10H,1-9H2. The van der Waals surface area contributed by atoms with Gasteiger partial charge >= 0.3 is 0 Å². The van der Waals surface area contributed by atoms with E-state index in [-0.39, 0.29) is 18.6 Å². The second-order valence-electron chi connectivity index (χ2n) is 4.71. The van der Waals surface area contributed by atoms with Crippen LogP contribution in [0.5, 0.6) is 0 Å². The van der Waals surface area contributed by atoms with Crippen LogP contribution >= 0.6 is 0 Å². The summed E-state index contributed by atoms with van der Waals surface area (Å²) in [5, 5.41) is 3.75. The van der Waals surface area contributed by atoms with Gasteiger partial charge in [-0.15, -0.1) is 0 Å². The van der Waals surface area contributed by atoms with Crippen molar-refractivity contribution in [3.05, 3.63) is 10.4 Å². The molecule has 0 aromatic carbocycles. The average Bonchev–Trinajstić information content (AvgIpc) is 2.40. The van der Waals surface area contributed by atoms with E-state index < -0.39 is 0 Å². The summed E-state index contributed by atoms with van der Waals surface area (Å²) in [6.07, 6.45) is 1.84. The highest BCUT2D eigenvalue weighted by molar-refractivity contribution is 5.77. The van der Waals surface area contributed by atoms with Gasteiger partial charge in [-0.25, -0.2) is 0 Å². The van der Waals surface area contributed by atoms with Gasteiger partial charge in [-0.05, 0) is 31.5 Å². The minimum Gasteiger partial charge on any atom is -0.370 e. The van der Waals surface area contributed by atoms with Crippen molar-refractivity contribution in [2.75, 3.05) is 45.9 Å². The number of ether oxygens (including phenoxy) is 1. The molecule has 0 aromatic rings. The first-order valence-electron chi connectivity index (χ1n) is 6.41. The molecule has 1 amide bonds. The number of hydrogen-bond acceptors (Lipinski definition) is 4. The first-order valence-corrected chi connectivity index (χ1v) is 6.41. The molecular formula is C11H19N5O2. The maximum atomic E-state index is 11.5.